The first kappa shape index (κ1) is 7.10. The summed E-state index contributed by atoms with van der Waals surface area (Å²) in [4.78, 5) is 6.48. The molecule has 2 rings (SSSR count). The Kier molecular flexibility index (Phi) is 1.82. The third-order valence-corrected chi connectivity index (χ3v) is 2.40. The first-order valence-electron chi connectivity index (χ1n) is 3.73. The molecule has 0 unspecified atom stereocenters. The van der Waals surface area contributed by atoms with Crippen LogP contribution in [0.4, 0.5) is 5.69 Å². The zero-order chi connectivity index (χ0) is 7.68. The molecule has 58 valence electrons. The number of anilines is 1. The largest absolute Gasteiger partial charge is 0.370 e. The number of hydrogen-bond acceptors (Lipinski definition) is 2. The Morgan fingerprint density at radius 2 is 2.18 bits per heavy atom. The van der Waals surface area contributed by atoms with Crippen molar-refractivity contribution >= 4 is 21.6 Å². The van der Waals surface area contributed by atoms with Crippen LogP contribution in [-0.4, -0.2) is 18.1 Å². The summed E-state index contributed by atoms with van der Waals surface area (Å²) in [7, 11) is 0. The lowest BCUT2D eigenvalue weighted by Gasteiger charge is -2.32. The van der Waals surface area contributed by atoms with E-state index < -0.39 is 0 Å². The van der Waals surface area contributed by atoms with Gasteiger partial charge in [0.25, 0.3) is 0 Å². The van der Waals surface area contributed by atoms with Crippen LogP contribution in [0.3, 0.4) is 0 Å². The van der Waals surface area contributed by atoms with E-state index in [1.165, 1.54) is 25.2 Å². The molecule has 11 heavy (non-hydrogen) atoms. The molecule has 1 aliphatic heterocycles. The monoisotopic (exact) mass is 212 g/mol. The summed E-state index contributed by atoms with van der Waals surface area (Å²) in [6, 6.07) is 4.07. The van der Waals surface area contributed by atoms with Crippen molar-refractivity contribution < 1.29 is 0 Å². The summed E-state index contributed by atoms with van der Waals surface area (Å²) in [5, 5.41) is 0. The molecule has 3 heteroatoms. The maximum atomic E-state index is 4.16. The molecular formula is C8H9BrN2. The van der Waals surface area contributed by atoms with Gasteiger partial charge in [-0.3, -0.25) is 0 Å². The van der Waals surface area contributed by atoms with E-state index in [9.17, 15) is 0 Å². The Balaban J connectivity index is 2.18. The highest BCUT2D eigenvalue weighted by atomic mass is 79.9. The van der Waals surface area contributed by atoms with E-state index in [1.54, 1.807) is 0 Å². The number of halogens is 1. The minimum atomic E-state index is 0.904. The summed E-state index contributed by atoms with van der Waals surface area (Å²) in [5.41, 5.74) is 1.24. The molecule has 0 bridgehead atoms. The van der Waals surface area contributed by atoms with Crippen LogP contribution >= 0.6 is 15.9 Å². The molecule has 0 radical (unpaired) electrons. The molecular weight excluding hydrogens is 204 g/mol. The Morgan fingerprint density at radius 3 is 2.64 bits per heavy atom. The van der Waals surface area contributed by atoms with Crippen LogP contribution in [0.1, 0.15) is 6.42 Å². The SMILES string of the molecule is Brc1ccc(N2CCC2)cn1. The topological polar surface area (TPSA) is 16.1 Å². The van der Waals surface area contributed by atoms with Crippen LogP contribution in [0.2, 0.25) is 0 Å². The average Bonchev–Trinajstić information content (AvgIpc) is 1.90. The van der Waals surface area contributed by atoms with E-state index in [2.05, 4.69) is 31.9 Å². The molecule has 0 aliphatic carbocycles. The van der Waals surface area contributed by atoms with Crippen molar-refractivity contribution in [3.05, 3.63) is 22.9 Å². The summed E-state index contributed by atoms with van der Waals surface area (Å²) < 4.78 is 0.904. The first-order valence-corrected chi connectivity index (χ1v) is 4.52. The molecule has 1 saturated heterocycles. The zero-order valence-electron chi connectivity index (χ0n) is 6.13. The smallest absolute Gasteiger partial charge is 0.106 e. The van der Waals surface area contributed by atoms with Crippen molar-refractivity contribution in [3.8, 4) is 0 Å². The second-order valence-corrected chi connectivity index (χ2v) is 3.49. The highest BCUT2D eigenvalue weighted by molar-refractivity contribution is 9.10. The third-order valence-electron chi connectivity index (χ3n) is 1.93. The van der Waals surface area contributed by atoms with E-state index in [0.717, 1.165) is 4.60 Å². The van der Waals surface area contributed by atoms with E-state index in [0.29, 0.717) is 0 Å². The standard InChI is InChI=1S/C8H9BrN2/c9-8-3-2-7(6-10-8)11-4-1-5-11/h2-3,6H,1,4-5H2. The number of hydrogen-bond donors (Lipinski definition) is 0. The van der Waals surface area contributed by atoms with Gasteiger partial charge in [0.2, 0.25) is 0 Å². The van der Waals surface area contributed by atoms with Crippen LogP contribution in [0.25, 0.3) is 0 Å². The van der Waals surface area contributed by atoms with Gasteiger partial charge < -0.3 is 4.90 Å². The van der Waals surface area contributed by atoms with Crippen LogP contribution in [0.15, 0.2) is 22.9 Å². The second-order valence-electron chi connectivity index (χ2n) is 2.68. The maximum Gasteiger partial charge on any atom is 0.106 e. The quantitative estimate of drug-likeness (QED) is 0.663. The second kappa shape index (κ2) is 2.81. The molecule has 1 aromatic rings. The van der Waals surface area contributed by atoms with Crippen molar-refractivity contribution in [2.75, 3.05) is 18.0 Å². The normalized spacial score (nSPS) is 16.3. The molecule has 0 atom stereocenters. The van der Waals surface area contributed by atoms with Gasteiger partial charge in [0, 0.05) is 13.1 Å². The Hall–Kier alpha value is -0.570. The van der Waals surface area contributed by atoms with E-state index in [-0.39, 0.29) is 0 Å². The van der Waals surface area contributed by atoms with Gasteiger partial charge >= 0.3 is 0 Å². The minimum absolute atomic E-state index is 0.904. The van der Waals surface area contributed by atoms with Gasteiger partial charge in [-0.25, -0.2) is 4.98 Å². The van der Waals surface area contributed by atoms with E-state index >= 15 is 0 Å². The van der Waals surface area contributed by atoms with Gasteiger partial charge in [-0.05, 0) is 34.5 Å². The molecule has 0 spiro atoms. The highest BCUT2D eigenvalue weighted by Gasteiger charge is 2.13. The van der Waals surface area contributed by atoms with Crippen molar-refractivity contribution in [3.63, 3.8) is 0 Å². The molecule has 0 N–H and O–H groups in total. The lowest BCUT2D eigenvalue weighted by Crippen LogP contribution is -2.36. The molecule has 1 fully saturated rings. The predicted octanol–water partition coefficient (Wildman–Crippen LogP) is 2.05. The Morgan fingerprint density at radius 1 is 1.36 bits per heavy atom. The predicted molar refractivity (Wildman–Crippen MR) is 48.8 cm³/mol. The zero-order valence-corrected chi connectivity index (χ0v) is 7.71. The fraction of sp³-hybridized carbons (Fsp3) is 0.375. The lowest BCUT2D eigenvalue weighted by molar-refractivity contribution is 0.616. The van der Waals surface area contributed by atoms with Crippen molar-refractivity contribution in [1.82, 2.24) is 4.98 Å². The van der Waals surface area contributed by atoms with Gasteiger partial charge in [0.15, 0.2) is 0 Å². The van der Waals surface area contributed by atoms with Gasteiger partial charge in [-0.1, -0.05) is 0 Å². The van der Waals surface area contributed by atoms with Gasteiger partial charge in [-0.15, -0.1) is 0 Å². The van der Waals surface area contributed by atoms with Gasteiger partial charge in [0.1, 0.15) is 4.60 Å². The summed E-state index contributed by atoms with van der Waals surface area (Å²) in [6.07, 6.45) is 3.22. The lowest BCUT2D eigenvalue weighted by atomic mass is 10.2. The maximum absolute atomic E-state index is 4.16. The van der Waals surface area contributed by atoms with Crippen molar-refractivity contribution in [2.45, 2.75) is 6.42 Å². The third kappa shape index (κ3) is 1.38. The molecule has 1 aromatic heterocycles. The Bertz CT molecular complexity index is 241. The summed E-state index contributed by atoms with van der Waals surface area (Å²) in [5.74, 6) is 0. The molecule has 1 aliphatic rings. The fourth-order valence-electron chi connectivity index (χ4n) is 1.13. The van der Waals surface area contributed by atoms with E-state index in [4.69, 9.17) is 0 Å². The average molecular weight is 213 g/mol. The van der Waals surface area contributed by atoms with Crippen LogP contribution in [0, 0.1) is 0 Å². The summed E-state index contributed by atoms with van der Waals surface area (Å²) >= 11 is 3.30. The van der Waals surface area contributed by atoms with Gasteiger partial charge in [-0.2, -0.15) is 0 Å². The molecule has 2 nitrogen and oxygen atoms in total. The number of aromatic nitrogens is 1. The van der Waals surface area contributed by atoms with Crippen LogP contribution in [0.5, 0.6) is 0 Å². The van der Waals surface area contributed by atoms with Crippen LogP contribution in [-0.2, 0) is 0 Å². The Labute approximate surface area is 74.4 Å². The summed E-state index contributed by atoms with van der Waals surface area (Å²) in [6.45, 7) is 2.37. The number of pyridine rings is 1. The number of rotatable bonds is 1. The van der Waals surface area contributed by atoms with Crippen molar-refractivity contribution in [1.29, 1.82) is 0 Å². The highest BCUT2D eigenvalue weighted by Crippen LogP contribution is 2.20. The van der Waals surface area contributed by atoms with E-state index in [1.807, 2.05) is 12.3 Å². The van der Waals surface area contributed by atoms with Crippen molar-refractivity contribution in [2.24, 2.45) is 0 Å². The number of nitrogens with zero attached hydrogens (tertiary/aromatic N) is 2. The fourth-order valence-corrected chi connectivity index (χ4v) is 1.36. The first-order chi connectivity index (χ1) is 5.36. The molecule has 2 heterocycles. The molecule has 0 aromatic carbocycles. The molecule has 0 amide bonds. The van der Waals surface area contributed by atoms with Crippen LogP contribution < -0.4 is 4.90 Å². The molecule has 0 saturated carbocycles. The minimum Gasteiger partial charge on any atom is -0.370 e. The van der Waals surface area contributed by atoms with Gasteiger partial charge in [0.05, 0.1) is 11.9 Å².